The molecule has 0 N–H and O–H groups in total. The van der Waals surface area contributed by atoms with Gasteiger partial charge in [0.05, 0.1) is 6.17 Å². The highest BCUT2D eigenvalue weighted by atomic mass is 15.4. The van der Waals surface area contributed by atoms with Crippen LogP contribution in [0.5, 0.6) is 0 Å². The standard InChI is InChI=1S/C20H40N2/c1-4-5-6-7-8-9-10-11-12-13-14-15-16-17-22-19-18-21(3)20(22)2/h18-20H,4-17H2,1-3H3. The molecular weight excluding hydrogens is 268 g/mol. The zero-order valence-electron chi connectivity index (χ0n) is 15.5. The summed E-state index contributed by atoms with van der Waals surface area (Å²) in [5.74, 6) is 0. The highest BCUT2D eigenvalue weighted by molar-refractivity contribution is 4.93. The molecule has 22 heavy (non-hydrogen) atoms. The molecule has 0 aromatic carbocycles. The Labute approximate surface area is 139 Å². The lowest BCUT2D eigenvalue weighted by atomic mass is 10.0. The summed E-state index contributed by atoms with van der Waals surface area (Å²) >= 11 is 0. The predicted molar refractivity (Wildman–Crippen MR) is 98.8 cm³/mol. The molecule has 1 rings (SSSR count). The molecule has 0 aromatic heterocycles. The van der Waals surface area contributed by atoms with Crippen LogP contribution >= 0.6 is 0 Å². The molecule has 1 aliphatic heterocycles. The average molecular weight is 309 g/mol. The molecule has 1 aliphatic rings. The van der Waals surface area contributed by atoms with E-state index in [0.29, 0.717) is 6.17 Å². The summed E-state index contributed by atoms with van der Waals surface area (Å²) in [6.07, 6.45) is 23.6. The summed E-state index contributed by atoms with van der Waals surface area (Å²) in [5, 5.41) is 0. The van der Waals surface area contributed by atoms with Crippen molar-refractivity contribution in [2.45, 2.75) is 103 Å². The quantitative estimate of drug-likeness (QED) is 0.355. The van der Waals surface area contributed by atoms with E-state index in [1.54, 1.807) is 0 Å². The molecule has 130 valence electrons. The lowest BCUT2D eigenvalue weighted by Gasteiger charge is -2.26. The molecule has 1 unspecified atom stereocenters. The minimum Gasteiger partial charge on any atom is -0.359 e. The topological polar surface area (TPSA) is 6.48 Å². The molecule has 0 saturated heterocycles. The third kappa shape index (κ3) is 8.70. The number of nitrogens with zero attached hydrogens (tertiary/aromatic N) is 2. The monoisotopic (exact) mass is 308 g/mol. The molecule has 0 spiro atoms. The summed E-state index contributed by atoms with van der Waals surface area (Å²) in [5.41, 5.74) is 0. The first kappa shape index (κ1) is 19.4. The Kier molecular flexibility index (Phi) is 11.3. The van der Waals surface area contributed by atoms with E-state index in [1.807, 2.05) is 0 Å². The molecule has 0 saturated carbocycles. The number of rotatable bonds is 14. The molecule has 0 amide bonds. The maximum Gasteiger partial charge on any atom is 0.0974 e. The molecule has 1 heterocycles. The molecular formula is C20H40N2. The highest BCUT2D eigenvalue weighted by Gasteiger charge is 2.17. The van der Waals surface area contributed by atoms with Crippen LogP contribution in [0.4, 0.5) is 0 Å². The van der Waals surface area contributed by atoms with Gasteiger partial charge in [-0.15, -0.1) is 0 Å². The first-order valence-corrected chi connectivity index (χ1v) is 9.91. The smallest absolute Gasteiger partial charge is 0.0974 e. The van der Waals surface area contributed by atoms with Crippen molar-refractivity contribution in [1.82, 2.24) is 9.80 Å². The van der Waals surface area contributed by atoms with Crippen LogP contribution in [0.15, 0.2) is 12.4 Å². The fourth-order valence-electron chi connectivity index (χ4n) is 3.25. The van der Waals surface area contributed by atoms with Gasteiger partial charge in [0.25, 0.3) is 0 Å². The van der Waals surface area contributed by atoms with Crippen molar-refractivity contribution < 1.29 is 0 Å². The molecule has 0 fully saturated rings. The SMILES string of the molecule is CCCCCCCCCCCCCCCN1C=CN(C)C1C. The van der Waals surface area contributed by atoms with Crippen molar-refractivity contribution >= 4 is 0 Å². The van der Waals surface area contributed by atoms with Crippen LogP contribution in [0.25, 0.3) is 0 Å². The van der Waals surface area contributed by atoms with Gasteiger partial charge in [-0.05, 0) is 13.3 Å². The van der Waals surface area contributed by atoms with Crippen molar-refractivity contribution in [3.8, 4) is 0 Å². The first-order chi connectivity index (χ1) is 10.8. The number of unbranched alkanes of at least 4 members (excludes halogenated alkanes) is 12. The Bertz CT molecular complexity index is 275. The summed E-state index contributed by atoms with van der Waals surface area (Å²) < 4.78 is 0. The maximum atomic E-state index is 2.46. The third-order valence-corrected chi connectivity index (χ3v) is 5.08. The van der Waals surface area contributed by atoms with Gasteiger partial charge in [0.15, 0.2) is 0 Å². The first-order valence-electron chi connectivity index (χ1n) is 9.91. The maximum absolute atomic E-state index is 2.46. The van der Waals surface area contributed by atoms with Gasteiger partial charge in [-0.25, -0.2) is 0 Å². The van der Waals surface area contributed by atoms with E-state index in [9.17, 15) is 0 Å². The average Bonchev–Trinajstić information content (AvgIpc) is 2.84. The van der Waals surface area contributed by atoms with Crippen molar-refractivity contribution in [3.05, 3.63) is 12.4 Å². The van der Waals surface area contributed by atoms with Gasteiger partial charge in [-0.3, -0.25) is 0 Å². The molecule has 2 nitrogen and oxygen atoms in total. The van der Waals surface area contributed by atoms with E-state index in [0.717, 1.165) is 0 Å². The van der Waals surface area contributed by atoms with Gasteiger partial charge in [-0.2, -0.15) is 0 Å². The predicted octanol–water partition coefficient (Wildman–Crippen LogP) is 6.14. The highest BCUT2D eigenvalue weighted by Crippen LogP contribution is 2.15. The van der Waals surface area contributed by atoms with E-state index in [2.05, 4.69) is 43.1 Å². The summed E-state index contributed by atoms with van der Waals surface area (Å²) in [6, 6.07) is 0. The van der Waals surface area contributed by atoms with Crippen LogP contribution < -0.4 is 0 Å². The van der Waals surface area contributed by atoms with Crippen LogP contribution in [-0.4, -0.2) is 29.6 Å². The third-order valence-electron chi connectivity index (χ3n) is 5.08. The van der Waals surface area contributed by atoms with Gasteiger partial charge in [0.1, 0.15) is 0 Å². The zero-order valence-corrected chi connectivity index (χ0v) is 15.5. The zero-order chi connectivity index (χ0) is 16.0. The van der Waals surface area contributed by atoms with Gasteiger partial charge in [0.2, 0.25) is 0 Å². The Morgan fingerprint density at radius 1 is 0.682 bits per heavy atom. The Morgan fingerprint density at radius 3 is 1.55 bits per heavy atom. The van der Waals surface area contributed by atoms with E-state index in [-0.39, 0.29) is 0 Å². The van der Waals surface area contributed by atoms with E-state index in [4.69, 9.17) is 0 Å². The molecule has 1 atom stereocenters. The van der Waals surface area contributed by atoms with Crippen molar-refractivity contribution in [2.75, 3.05) is 13.6 Å². The summed E-state index contributed by atoms with van der Waals surface area (Å²) in [4.78, 5) is 4.74. The van der Waals surface area contributed by atoms with Crippen LogP contribution in [-0.2, 0) is 0 Å². The van der Waals surface area contributed by atoms with Crippen LogP contribution in [0.1, 0.15) is 97.3 Å². The lowest BCUT2D eigenvalue weighted by Crippen LogP contribution is -2.34. The van der Waals surface area contributed by atoms with Crippen LogP contribution in [0.2, 0.25) is 0 Å². The summed E-state index contributed by atoms with van der Waals surface area (Å²) in [7, 11) is 2.16. The normalized spacial score (nSPS) is 17.7. The second-order valence-corrected chi connectivity index (χ2v) is 7.08. The number of hydrogen-bond acceptors (Lipinski definition) is 2. The van der Waals surface area contributed by atoms with Crippen molar-refractivity contribution in [1.29, 1.82) is 0 Å². The van der Waals surface area contributed by atoms with Gasteiger partial charge in [0, 0.05) is 26.0 Å². The molecule has 0 radical (unpaired) electrons. The lowest BCUT2D eigenvalue weighted by molar-refractivity contribution is 0.192. The summed E-state index contributed by atoms with van der Waals surface area (Å²) in [6.45, 7) is 5.79. The van der Waals surface area contributed by atoms with Crippen molar-refractivity contribution in [3.63, 3.8) is 0 Å². The van der Waals surface area contributed by atoms with Gasteiger partial charge < -0.3 is 9.80 Å². The fraction of sp³-hybridized carbons (Fsp3) is 0.900. The number of hydrogen-bond donors (Lipinski definition) is 0. The minimum absolute atomic E-state index is 0.553. The largest absolute Gasteiger partial charge is 0.359 e. The van der Waals surface area contributed by atoms with E-state index < -0.39 is 0 Å². The second-order valence-electron chi connectivity index (χ2n) is 7.08. The van der Waals surface area contributed by atoms with Crippen LogP contribution in [0, 0.1) is 0 Å². The Hall–Kier alpha value is -0.660. The van der Waals surface area contributed by atoms with E-state index in [1.165, 1.54) is 90.0 Å². The fourth-order valence-corrected chi connectivity index (χ4v) is 3.25. The van der Waals surface area contributed by atoms with Gasteiger partial charge >= 0.3 is 0 Å². The molecule has 0 aliphatic carbocycles. The molecule has 2 heteroatoms. The van der Waals surface area contributed by atoms with Crippen molar-refractivity contribution in [2.24, 2.45) is 0 Å². The second kappa shape index (κ2) is 12.8. The minimum atomic E-state index is 0.553. The van der Waals surface area contributed by atoms with Crippen LogP contribution in [0.3, 0.4) is 0 Å². The Balaban J connectivity index is 1.76. The van der Waals surface area contributed by atoms with E-state index >= 15 is 0 Å². The van der Waals surface area contributed by atoms with Gasteiger partial charge in [-0.1, -0.05) is 84.0 Å². The Morgan fingerprint density at radius 2 is 1.14 bits per heavy atom. The molecule has 0 aromatic rings. The molecule has 0 bridgehead atoms.